The van der Waals surface area contributed by atoms with Crippen molar-refractivity contribution in [3.8, 4) is 23.0 Å². The molecule has 1 heterocycles. The first kappa shape index (κ1) is 16.8. The molecule has 0 aliphatic rings. The minimum absolute atomic E-state index is 0.0247. The monoisotopic (exact) mass is 359 g/mol. The molecule has 0 radical (unpaired) electrons. The first-order chi connectivity index (χ1) is 12.1. The van der Waals surface area contributed by atoms with Gasteiger partial charge in [-0.3, -0.25) is 10.1 Å². The van der Waals surface area contributed by atoms with Gasteiger partial charge in [0.25, 0.3) is 16.8 Å². The lowest BCUT2D eigenvalue weighted by molar-refractivity contribution is -0.384. The van der Waals surface area contributed by atoms with Crippen LogP contribution < -0.4 is 9.47 Å². The standard InChI is InChI=1S/C16H13N3O5S/c1-22-11-5-8-14(23-2)13(9-11)15-17-18-16(24-15)25-12-6-3-10(4-7-12)19(20)21/h3-9H,1-2H3. The Morgan fingerprint density at radius 1 is 1.08 bits per heavy atom. The Balaban J connectivity index is 1.84. The SMILES string of the molecule is COc1ccc(OC)c(-c2nnc(Sc3ccc([N+](=O)[O-])cc3)o2)c1. The lowest BCUT2D eigenvalue weighted by atomic mass is 10.2. The van der Waals surface area contributed by atoms with E-state index in [1.165, 1.54) is 23.9 Å². The summed E-state index contributed by atoms with van der Waals surface area (Å²) in [7, 11) is 3.11. The van der Waals surface area contributed by atoms with Gasteiger partial charge in [0.05, 0.1) is 24.7 Å². The van der Waals surface area contributed by atoms with Crippen LogP contribution in [0, 0.1) is 10.1 Å². The Labute approximate surface area is 146 Å². The fourth-order valence-electron chi connectivity index (χ4n) is 2.08. The minimum atomic E-state index is -0.450. The fraction of sp³-hybridized carbons (Fsp3) is 0.125. The first-order valence-corrected chi connectivity index (χ1v) is 7.90. The van der Waals surface area contributed by atoms with E-state index in [4.69, 9.17) is 13.9 Å². The number of benzene rings is 2. The number of non-ortho nitro benzene ring substituents is 1. The molecule has 0 aliphatic carbocycles. The van der Waals surface area contributed by atoms with Crippen LogP contribution in [-0.2, 0) is 0 Å². The van der Waals surface area contributed by atoms with E-state index in [2.05, 4.69) is 10.2 Å². The van der Waals surface area contributed by atoms with Gasteiger partial charge in [0.1, 0.15) is 11.5 Å². The zero-order valence-electron chi connectivity index (χ0n) is 13.3. The molecule has 25 heavy (non-hydrogen) atoms. The van der Waals surface area contributed by atoms with Crippen molar-refractivity contribution in [3.05, 3.63) is 52.6 Å². The summed E-state index contributed by atoms with van der Waals surface area (Å²) in [4.78, 5) is 11.0. The van der Waals surface area contributed by atoms with Crippen molar-refractivity contribution in [2.45, 2.75) is 10.1 Å². The molecule has 9 heteroatoms. The van der Waals surface area contributed by atoms with Gasteiger partial charge in [-0.05, 0) is 42.1 Å². The third-order valence-corrected chi connectivity index (χ3v) is 4.14. The molecular formula is C16H13N3O5S. The van der Waals surface area contributed by atoms with E-state index in [1.54, 1.807) is 44.6 Å². The molecule has 0 saturated carbocycles. The van der Waals surface area contributed by atoms with Crippen LogP contribution in [0.15, 0.2) is 57.0 Å². The quantitative estimate of drug-likeness (QED) is 0.484. The number of methoxy groups -OCH3 is 2. The first-order valence-electron chi connectivity index (χ1n) is 7.09. The second-order valence-corrected chi connectivity index (χ2v) is 5.82. The zero-order chi connectivity index (χ0) is 17.8. The van der Waals surface area contributed by atoms with Crippen LogP contribution in [0.4, 0.5) is 5.69 Å². The number of rotatable bonds is 6. The maximum atomic E-state index is 10.7. The average molecular weight is 359 g/mol. The Morgan fingerprint density at radius 3 is 2.48 bits per heavy atom. The number of hydrogen-bond donors (Lipinski definition) is 0. The predicted octanol–water partition coefficient (Wildman–Crippen LogP) is 3.81. The number of nitro groups is 1. The van der Waals surface area contributed by atoms with E-state index in [1.807, 2.05) is 0 Å². The van der Waals surface area contributed by atoms with E-state index in [0.717, 1.165) is 4.90 Å². The van der Waals surface area contributed by atoms with Gasteiger partial charge in [0.15, 0.2) is 0 Å². The van der Waals surface area contributed by atoms with Crippen LogP contribution in [0.3, 0.4) is 0 Å². The van der Waals surface area contributed by atoms with Gasteiger partial charge in [-0.25, -0.2) is 0 Å². The summed E-state index contributed by atoms with van der Waals surface area (Å²) in [6.45, 7) is 0. The van der Waals surface area contributed by atoms with Crippen molar-refractivity contribution in [1.29, 1.82) is 0 Å². The van der Waals surface area contributed by atoms with Gasteiger partial charge in [-0.15, -0.1) is 10.2 Å². The van der Waals surface area contributed by atoms with Gasteiger partial charge >= 0.3 is 0 Å². The van der Waals surface area contributed by atoms with Crippen molar-refractivity contribution < 1.29 is 18.8 Å². The molecule has 0 aliphatic heterocycles. The Kier molecular flexibility index (Phi) is 4.85. The molecule has 0 atom stereocenters. The summed E-state index contributed by atoms with van der Waals surface area (Å²) < 4.78 is 16.2. The molecule has 3 rings (SSSR count). The number of nitrogens with zero attached hydrogens (tertiary/aromatic N) is 3. The van der Waals surface area contributed by atoms with E-state index in [-0.39, 0.29) is 5.69 Å². The lowest BCUT2D eigenvalue weighted by Crippen LogP contribution is -1.90. The molecule has 128 valence electrons. The third kappa shape index (κ3) is 3.72. The fourth-order valence-corrected chi connectivity index (χ4v) is 2.75. The number of hydrogen-bond acceptors (Lipinski definition) is 8. The van der Waals surface area contributed by atoms with Crippen molar-refractivity contribution in [2.75, 3.05) is 14.2 Å². The summed E-state index contributed by atoms with van der Waals surface area (Å²) in [6.07, 6.45) is 0. The second-order valence-electron chi connectivity index (χ2n) is 4.79. The maximum Gasteiger partial charge on any atom is 0.281 e. The van der Waals surface area contributed by atoms with Crippen LogP contribution in [0.1, 0.15) is 0 Å². The van der Waals surface area contributed by atoms with Gasteiger partial charge in [-0.1, -0.05) is 0 Å². The highest BCUT2D eigenvalue weighted by Crippen LogP contribution is 2.35. The van der Waals surface area contributed by atoms with Gasteiger partial charge in [0, 0.05) is 17.0 Å². The number of aromatic nitrogens is 2. The highest BCUT2D eigenvalue weighted by molar-refractivity contribution is 7.99. The second kappa shape index (κ2) is 7.22. The Hall–Kier alpha value is -3.07. The zero-order valence-corrected chi connectivity index (χ0v) is 14.1. The van der Waals surface area contributed by atoms with Crippen LogP contribution in [-0.4, -0.2) is 29.3 Å². The van der Waals surface area contributed by atoms with Crippen LogP contribution in [0.2, 0.25) is 0 Å². The summed E-state index contributed by atoms with van der Waals surface area (Å²) in [5, 5.41) is 19.0. The van der Waals surface area contributed by atoms with E-state index in [0.29, 0.717) is 28.2 Å². The smallest absolute Gasteiger partial charge is 0.281 e. The van der Waals surface area contributed by atoms with Crippen molar-refractivity contribution in [3.63, 3.8) is 0 Å². The molecule has 2 aromatic carbocycles. The van der Waals surface area contributed by atoms with E-state index < -0.39 is 4.92 Å². The molecule has 0 saturated heterocycles. The van der Waals surface area contributed by atoms with E-state index in [9.17, 15) is 10.1 Å². The lowest BCUT2D eigenvalue weighted by Gasteiger charge is -2.07. The highest BCUT2D eigenvalue weighted by Gasteiger charge is 2.16. The number of ether oxygens (including phenoxy) is 2. The highest BCUT2D eigenvalue weighted by atomic mass is 32.2. The van der Waals surface area contributed by atoms with E-state index >= 15 is 0 Å². The van der Waals surface area contributed by atoms with Crippen molar-refractivity contribution in [2.24, 2.45) is 0 Å². The molecule has 8 nitrogen and oxygen atoms in total. The molecular weight excluding hydrogens is 346 g/mol. The van der Waals surface area contributed by atoms with Gasteiger partial charge < -0.3 is 13.9 Å². The molecule has 0 bridgehead atoms. The van der Waals surface area contributed by atoms with Crippen LogP contribution >= 0.6 is 11.8 Å². The van der Waals surface area contributed by atoms with Crippen LogP contribution in [0.25, 0.3) is 11.5 Å². The Morgan fingerprint density at radius 2 is 1.84 bits per heavy atom. The van der Waals surface area contributed by atoms with Crippen molar-refractivity contribution in [1.82, 2.24) is 10.2 Å². The maximum absolute atomic E-state index is 10.7. The molecule has 0 unspecified atom stereocenters. The summed E-state index contributed by atoms with van der Waals surface area (Å²) in [6, 6.07) is 11.4. The van der Waals surface area contributed by atoms with Crippen LogP contribution in [0.5, 0.6) is 11.5 Å². The third-order valence-electron chi connectivity index (χ3n) is 3.30. The molecule has 3 aromatic rings. The largest absolute Gasteiger partial charge is 0.497 e. The molecule has 1 aromatic heterocycles. The molecule has 0 spiro atoms. The molecule has 0 N–H and O–H groups in total. The average Bonchev–Trinajstić information content (AvgIpc) is 3.10. The summed E-state index contributed by atoms with van der Waals surface area (Å²) in [5.74, 6) is 1.51. The topological polar surface area (TPSA) is 101 Å². The van der Waals surface area contributed by atoms with Gasteiger partial charge in [-0.2, -0.15) is 0 Å². The predicted molar refractivity (Wildman–Crippen MR) is 90.1 cm³/mol. The Bertz CT molecular complexity index is 895. The number of nitro benzene ring substituents is 1. The summed E-state index contributed by atoms with van der Waals surface area (Å²) >= 11 is 1.21. The molecule has 0 amide bonds. The van der Waals surface area contributed by atoms with Crippen molar-refractivity contribution >= 4 is 17.4 Å². The molecule has 0 fully saturated rings. The minimum Gasteiger partial charge on any atom is -0.497 e. The summed E-state index contributed by atoms with van der Waals surface area (Å²) in [5.41, 5.74) is 0.640. The normalized spacial score (nSPS) is 10.5. The van der Waals surface area contributed by atoms with Gasteiger partial charge in [0.2, 0.25) is 0 Å².